The quantitative estimate of drug-likeness (QED) is 0.654. The van der Waals surface area contributed by atoms with E-state index in [0.29, 0.717) is 6.54 Å². The summed E-state index contributed by atoms with van der Waals surface area (Å²) < 4.78 is 7.15. The smallest absolute Gasteiger partial charge is 0.133 e. The molecule has 0 radical (unpaired) electrons. The molecule has 0 unspecified atom stereocenters. The van der Waals surface area contributed by atoms with Gasteiger partial charge in [-0.05, 0) is 73.7 Å². The maximum atomic E-state index is 6.33. The number of rotatable bonds is 4. The summed E-state index contributed by atoms with van der Waals surface area (Å²) in [6.45, 7) is 7.06. The van der Waals surface area contributed by atoms with Gasteiger partial charge in [-0.25, -0.2) is 0 Å². The van der Waals surface area contributed by atoms with Crippen molar-refractivity contribution in [3.63, 3.8) is 0 Å². The fraction of sp³-hybridized carbons (Fsp3) is 0.294. The Morgan fingerprint density at radius 3 is 2.52 bits per heavy atom. The van der Waals surface area contributed by atoms with E-state index in [1.165, 1.54) is 0 Å². The van der Waals surface area contributed by atoms with E-state index < -0.39 is 0 Å². The highest BCUT2D eigenvalue weighted by Crippen LogP contribution is 2.31. The van der Waals surface area contributed by atoms with Gasteiger partial charge in [-0.1, -0.05) is 23.7 Å². The Morgan fingerprint density at radius 1 is 1.14 bits per heavy atom. The van der Waals surface area contributed by atoms with Crippen molar-refractivity contribution in [1.29, 1.82) is 0 Å². The van der Waals surface area contributed by atoms with Crippen molar-refractivity contribution in [3.8, 4) is 11.5 Å². The van der Waals surface area contributed by atoms with Crippen molar-refractivity contribution in [2.45, 2.75) is 32.9 Å². The van der Waals surface area contributed by atoms with Crippen molar-refractivity contribution in [3.05, 3.63) is 56.6 Å². The number of benzene rings is 2. The molecule has 0 aliphatic carbocycles. The van der Waals surface area contributed by atoms with E-state index in [1.54, 1.807) is 0 Å². The minimum absolute atomic E-state index is 0.0264. The van der Waals surface area contributed by atoms with Gasteiger partial charge in [0.15, 0.2) is 0 Å². The van der Waals surface area contributed by atoms with E-state index in [2.05, 4.69) is 48.7 Å². The highest BCUT2D eigenvalue weighted by molar-refractivity contribution is 14.1. The maximum Gasteiger partial charge on any atom is 0.133 e. The second kappa shape index (κ2) is 6.99. The molecule has 0 aliphatic heterocycles. The molecule has 0 saturated carbocycles. The van der Waals surface area contributed by atoms with Gasteiger partial charge in [-0.3, -0.25) is 0 Å². The Hall–Kier alpha value is -0.780. The molecule has 21 heavy (non-hydrogen) atoms. The molecule has 0 bridgehead atoms. The lowest BCUT2D eigenvalue weighted by Crippen LogP contribution is -2.35. The Kier molecular flexibility index (Phi) is 5.52. The average Bonchev–Trinajstić information content (AvgIpc) is 2.37. The van der Waals surface area contributed by atoms with Gasteiger partial charge >= 0.3 is 0 Å². The molecule has 4 heteroatoms. The Balaban J connectivity index is 2.25. The highest BCUT2D eigenvalue weighted by Gasteiger charge is 2.14. The number of nitrogens with one attached hydrogen (secondary N) is 1. The molecule has 0 spiro atoms. The van der Waals surface area contributed by atoms with Gasteiger partial charge in [0, 0.05) is 26.2 Å². The van der Waals surface area contributed by atoms with Crippen LogP contribution in [0.2, 0.25) is 5.02 Å². The second-order valence-corrected chi connectivity index (χ2v) is 7.53. The van der Waals surface area contributed by atoms with E-state index in [9.17, 15) is 0 Å². The van der Waals surface area contributed by atoms with Crippen LogP contribution in [0.15, 0.2) is 42.5 Å². The molecule has 0 heterocycles. The number of ether oxygens (including phenoxy) is 1. The first kappa shape index (κ1) is 16.6. The van der Waals surface area contributed by atoms with Crippen LogP contribution in [-0.4, -0.2) is 5.54 Å². The molecular formula is C17H19ClINO. The van der Waals surface area contributed by atoms with Gasteiger partial charge in [-0.2, -0.15) is 0 Å². The first-order chi connectivity index (χ1) is 9.85. The zero-order valence-corrected chi connectivity index (χ0v) is 15.3. The van der Waals surface area contributed by atoms with E-state index in [0.717, 1.165) is 25.7 Å². The van der Waals surface area contributed by atoms with E-state index in [-0.39, 0.29) is 5.54 Å². The molecule has 2 nitrogen and oxygen atoms in total. The van der Waals surface area contributed by atoms with Gasteiger partial charge in [0.2, 0.25) is 0 Å². The third kappa shape index (κ3) is 5.16. The lowest BCUT2D eigenvalue weighted by atomic mass is 10.1. The van der Waals surface area contributed by atoms with Crippen molar-refractivity contribution in [2.75, 3.05) is 0 Å². The van der Waals surface area contributed by atoms with E-state index in [4.69, 9.17) is 16.3 Å². The lowest BCUT2D eigenvalue weighted by molar-refractivity contribution is 0.414. The monoisotopic (exact) mass is 415 g/mol. The molecule has 2 aromatic carbocycles. The predicted molar refractivity (Wildman–Crippen MR) is 97.3 cm³/mol. The van der Waals surface area contributed by atoms with Crippen LogP contribution in [0.5, 0.6) is 11.5 Å². The van der Waals surface area contributed by atoms with Crippen molar-refractivity contribution >= 4 is 34.2 Å². The maximum absolute atomic E-state index is 6.33. The molecule has 2 rings (SSSR count). The Labute approximate surface area is 145 Å². The van der Waals surface area contributed by atoms with Crippen LogP contribution in [-0.2, 0) is 6.54 Å². The number of hydrogen-bond donors (Lipinski definition) is 1. The second-order valence-electron chi connectivity index (χ2n) is 5.88. The molecule has 0 aliphatic rings. The Morgan fingerprint density at radius 2 is 1.86 bits per heavy atom. The predicted octanol–water partition coefficient (Wildman–Crippen LogP) is 5.63. The Bertz CT molecular complexity index is 622. The standard InChI is InChI=1S/C17H19ClINO/c1-17(2,3)20-11-14-15(18)8-5-9-16(14)21-13-7-4-6-12(19)10-13/h4-10,20H,11H2,1-3H3. The van der Waals surface area contributed by atoms with Gasteiger partial charge in [0.05, 0.1) is 0 Å². The average molecular weight is 416 g/mol. The SMILES string of the molecule is CC(C)(C)NCc1c(Cl)cccc1Oc1cccc(I)c1. The summed E-state index contributed by atoms with van der Waals surface area (Å²) >= 11 is 8.61. The minimum Gasteiger partial charge on any atom is -0.457 e. The summed E-state index contributed by atoms with van der Waals surface area (Å²) in [6.07, 6.45) is 0. The molecule has 0 atom stereocenters. The normalized spacial score (nSPS) is 11.5. The molecule has 0 fully saturated rings. The van der Waals surface area contributed by atoms with Crippen LogP contribution in [0.3, 0.4) is 0 Å². The lowest BCUT2D eigenvalue weighted by Gasteiger charge is -2.22. The number of halogens is 2. The van der Waals surface area contributed by atoms with Crippen LogP contribution in [0.25, 0.3) is 0 Å². The molecule has 0 amide bonds. The van der Waals surface area contributed by atoms with Crippen molar-refractivity contribution in [1.82, 2.24) is 5.32 Å². The fourth-order valence-electron chi connectivity index (χ4n) is 1.82. The molecule has 0 aromatic heterocycles. The highest BCUT2D eigenvalue weighted by atomic mass is 127. The molecular weight excluding hydrogens is 397 g/mol. The number of hydrogen-bond acceptors (Lipinski definition) is 2. The van der Waals surface area contributed by atoms with Crippen molar-refractivity contribution in [2.24, 2.45) is 0 Å². The zero-order valence-electron chi connectivity index (χ0n) is 12.4. The summed E-state index contributed by atoms with van der Waals surface area (Å²) in [6, 6.07) is 13.7. The summed E-state index contributed by atoms with van der Waals surface area (Å²) in [5, 5.41) is 4.17. The summed E-state index contributed by atoms with van der Waals surface area (Å²) in [4.78, 5) is 0. The van der Waals surface area contributed by atoms with Gasteiger partial charge in [0.1, 0.15) is 11.5 Å². The first-order valence-corrected chi connectivity index (χ1v) is 8.27. The topological polar surface area (TPSA) is 21.3 Å². The van der Waals surface area contributed by atoms with Crippen LogP contribution in [0.1, 0.15) is 26.3 Å². The first-order valence-electron chi connectivity index (χ1n) is 6.81. The van der Waals surface area contributed by atoms with Crippen LogP contribution >= 0.6 is 34.2 Å². The molecule has 0 saturated heterocycles. The fourth-order valence-corrected chi connectivity index (χ4v) is 2.56. The summed E-state index contributed by atoms with van der Waals surface area (Å²) in [5.74, 6) is 1.61. The molecule has 2 aromatic rings. The molecule has 1 N–H and O–H groups in total. The van der Waals surface area contributed by atoms with Crippen LogP contribution < -0.4 is 10.1 Å². The van der Waals surface area contributed by atoms with Crippen molar-refractivity contribution < 1.29 is 4.74 Å². The largest absolute Gasteiger partial charge is 0.457 e. The van der Waals surface area contributed by atoms with Crippen LogP contribution in [0, 0.1) is 3.57 Å². The van der Waals surface area contributed by atoms with Gasteiger partial charge < -0.3 is 10.1 Å². The van der Waals surface area contributed by atoms with Crippen LogP contribution in [0.4, 0.5) is 0 Å². The third-order valence-corrected chi connectivity index (χ3v) is 3.92. The molecule has 112 valence electrons. The third-order valence-electron chi connectivity index (χ3n) is 2.90. The van der Waals surface area contributed by atoms with E-state index in [1.807, 2.05) is 42.5 Å². The minimum atomic E-state index is 0.0264. The zero-order chi connectivity index (χ0) is 15.5. The van der Waals surface area contributed by atoms with Gasteiger partial charge in [-0.15, -0.1) is 0 Å². The summed E-state index contributed by atoms with van der Waals surface area (Å²) in [7, 11) is 0. The summed E-state index contributed by atoms with van der Waals surface area (Å²) in [5.41, 5.74) is 1.01. The van der Waals surface area contributed by atoms with Gasteiger partial charge in [0.25, 0.3) is 0 Å². The van der Waals surface area contributed by atoms with E-state index >= 15 is 0 Å².